The number of aromatic nitrogens is 2. The highest BCUT2D eigenvalue weighted by Crippen LogP contribution is 2.12. The van der Waals surface area contributed by atoms with E-state index in [2.05, 4.69) is 29.3 Å². The molecule has 1 aromatic heterocycles. The Balaban J connectivity index is 2.40. The van der Waals surface area contributed by atoms with Gasteiger partial charge in [-0.1, -0.05) is 12.1 Å². The minimum Gasteiger partial charge on any atom is -0.374 e. The van der Waals surface area contributed by atoms with Crippen LogP contribution in [0.2, 0.25) is 0 Å². The maximum absolute atomic E-state index is 5.15. The second-order valence-corrected chi connectivity index (χ2v) is 3.92. The van der Waals surface area contributed by atoms with E-state index in [1.54, 1.807) is 7.11 Å². The van der Waals surface area contributed by atoms with Crippen LogP contribution in [-0.4, -0.2) is 29.8 Å². The van der Waals surface area contributed by atoms with E-state index in [1.807, 2.05) is 6.92 Å². The van der Waals surface area contributed by atoms with Gasteiger partial charge in [-0.3, -0.25) is 0 Å². The standard InChI is InChI=1S/C11H21N3O2/c1-5-12-8(2)6-7-10-13-11(14-16-10)9(3)15-4/h8-9,12H,5-7H2,1-4H3. The van der Waals surface area contributed by atoms with Gasteiger partial charge in [0.15, 0.2) is 5.82 Å². The molecule has 5 heteroatoms. The van der Waals surface area contributed by atoms with Crippen LogP contribution in [0, 0.1) is 0 Å². The highest BCUT2D eigenvalue weighted by Gasteiger charge is 2.13. The fourth-order valence-electron chi connectivity index (χ4n) is 1.43. The van der Waals surface area contributed by atoms with Gasteiger partial charge in [0.2, 0.25) is 5.89 Å². The molecule has 5 nitrogen and oxygen atoms in total. The molecule has 0 aromatic carbocycles. The van der Waals surface area contributed by atoms with E-state index in [1.165, 1.54) is 0 Å². The first-order valence-electron chi connectivity index (χ1n) is 5.76. The van der Waals surface area contributed by atoms with E-state index < -0.39 is 0 Å². The molecule has 0 amide bonds. The number of nitrogens with zero attached hydrogens (tertiary/aromatic N) is 2. The number of hydrogen-bond acceptors (Lipinski definition) is 5. The van der Waals surface area contributed by atoms with Crippen LogP contribution in [0.5, 0.6) is 0 Å². The zero-order valence-corrected chi connectivity index (χ0v) is 10.5. The fourth-order valence-corrected chi connectivity index (χ4v) is 1.43. The topological polar surface area (TPSA) is 60.2 Å². The van der Waals surface area contributed by atoms with Crippen LogP contribution in [0.4, 0.5) is 0 Å². The third-order valence-electron chi connectivity index (χ3n) is 2.54. The molecule has 1 heterocycles. The Morgan fingerprint density at radius 3 is 2.81 bits per heavy atom. The molecule has 0 bridgehead atoms. The number of rotatable bonds is 7. The van der Waals surface area contributed by atoms with Crippen molar-refractivity contribution in [3.05, 3.63) is 11.7 Å². The molecule has 0 saturated heterocycles. The molecule has 0 aliphatic heterocycles. The number of nitrogens with one attached hydrogen (secondary N) is 1. The van der Waals surface area contributed by atoms with Crippen LogP contribution < -0.4 is 5.32 Å². The Bertz CT molecular complexity index is 301. The summed E-state index contributed by atoms with van der Waals surface area (Å²) in [7, 11) is 1.63. The monoisotopic (exact) mass is 227 g/mol. The molecule has 1 N–H and O–H groups in total. The molecular formula is C11H21N3O2. The maximum Gasteiger partial charge on any atom is 0.226 e. The second kappa shape index (κ2) is 6.60. The lowest BCUT2D eigenvalue weighted by atomic mass is 10.2. The summed E-state index contributed by atoms with van der Waals surface area (Å²) < 4.78 is 10.3. The summed E-state index contributed by atoms with van der Waals surface area (Å²) >= 11 is 0. The molecule has 0 saturated carbocycles. The summed E-state index contributed by atoms with van der Waals surface area (Å²) in [6.45, 7) is 7.13. The molecule has 0 spiro atoms. The van der Waals surface area contributed by atoms with Crippen molar-refractivity contribution >= 4 is 0 Å². The van der Waals surface area contributed by atoms with Crippen molar-refractivity contribution in [2.24, 2.45) is 0 Å². The van der Waals surface area contributed by atoms with Gasteiger partial charge in [0.25, 0.3) is 0 Å². The van der Waals surface area contributed by atoms with Crippen molar-refractivity contribution in [2.45, 2.75) is 45.8 Å². The minimum absolute atomic E-state index is 0.108. The smallest absolute Gasteiger partial charge is 0.226 e. The minimum atomic E-state index is -0.108. The second-order valence-electron chi connectivity index (χ2n) is 3.92. The molecule has 92 valence electrons. The number of hydrogen-bond donors (Lipinski definition) is 1. The van der Waals surface area contributed by atoms with Gasteiger partial charge in [-0.05, 0) is 26.8 Å². The molecule has 0 fully saturated rings. The predicted octanol–water partition coefficient (Wildman–Crippen LogP) is 1.71. The quantitative estimate of drug-likeness (QED) is 0.768. The van der Waals surface area contributed by atoms with Gasteiger partial charge in [-0.15, -0.1) is 0 Å². The summed E-state index contributed by atoms with van der Waals surface area (Å²) in [5, 5.41) is 7.22. The SMILES string of the molecule is CCNC(C)CCc1nc(C(C)OC)no1. The van der Waals surface area contributed by atoms with Gasteiger partial charge in [-0.2, -0.15) is 4.98 Å². The Morgan fingerprint density at radius 2 is 2.19 bits per heavy atom. The van der Waals surface area contributed by atoms with E-state index in [-0.39, 0.29) is 6.10 Å². The van der Waals surface area contributed by atoms with Crippen molar-refractivity contribution in [1.82, 2.24) is 15.5 Å². The van der Waals surface area contributed by atoms with Gasteiger partial charge in [0.1, 0.15) is 6.10 Å². The first-order chi connectivity index (χ1) is 7.67. The molecular weight excluding hydrogens is 206 g/mol. The highest BCUT2D eigenvalue weighted by molar-refractivity contribution is 4.90. The van der Waals surface area contributed by atoms with Crippen molar-refractivity contribution < 1.29 is 9.26 Å². The Kier molecular flexibility index (Phi) is 5.42. The van der Waals surface area contributed by atoms with Crippen molar-refractivity contribution in [2.75, 3.05) is 13.7 Å². The lowest BCUT2D eigenvalue weighted by molar-refractivity contribution is 0.109. The van der Waals surface area contributed by atoms with Crippen molar-refractivity contribution in [3.8, 4) is 0 Å². The molecule has 0 aliphatic rings. The molecule has 1 aromatic rings. The molecule has 2 unspecified atom stereocenters. The summed E-state index contributed by atoms with van der Waals surface area (Å²) in [5.41, 5.74) is 0. The average Bonchev–Trinajstić information content (AvgIpc) is 2.74. The lowest BCUT2D eigenvalue weighted by Gasteiger charge is -2.09. The number of aryl methyl sites for hydroxylation is 1. The van der Waals surface area contributed by atoms with Crippen LogP contribution in [0.25, 0.3) is 0 Å². The average molecular weight is 227 g/mol. The van der Waals surface area contributed by atoms with Crippen LogP contribution >= 0.6 is 0 Å². The Hall–Kier alpha value is -0.940. The number of ether oxygens (including phenoxy) is 1. The molecule has 0 radical (unpaired) electrons. The fraction of sp³-hybridized carbons (Fsp3) is 0.818. The maximum atomic E-state index is 5.15. The third kappa shape index (κ3) is 3.90. The zero-order chi connectivity index (χ0) is 12.0. The third-order valence-corrected chi connectivity index (χ3v) is 2.54. The van der Waals surface area contributed by atoms with Gasteiger partial charge in [0, 0.05) is 19.6 Å². The van der Waals surface area contributed by atoms with E-state index in [0.717, 1.165) is 19.4 Å². The Labute approximate surface area is 96.6 Å². The zero-order valence-electron chi connectivity index (χ0n) is 10.5. The van der Waals surface area contributed by atoms with E-state index >= 15 is 0 Å². The summed E-state index contributed by atoms with van der Waals surface area (Å²) in [4.78, 5) is 4.28. The lowest BCUT2D eigenvalue weighted by Crippen LogP contribution is -2.25. The first-order valence-corrected chi connectivity index (χ1v) is 5.76. The van der Waals surface area contributed by atoms with Crippen molar-refractivity contribution in [3.63, 3.8) is 0 Å². The Morgan fingerprint density at radius 1 is 1.44 bits per heavy atom. The molecule has 2 atom stereocenters. The van der Waals surface area contributed by atoms with Gasteiger partial charge >= 0.3 is 0 Å². The summed E-state index contributed by atoms with van der Waals surface area (Å²) in [6.07, 6.45) is 1.69. The van der Waals surface area contributed by atoms with Crippen molar-refractivity contribution in [1.29, 1.82) is 0 Å². The summed E-state index contributed by atoms with van der Waals surface area (Å²) in [5.74, 6) is 1.30. The normalized spacial score (nSPS) is 15.0. The van der Waals surface area contributed by atoms with Crippen LogP contribution in [0.1, 0.15) is 45.0 Å². The molecule has 0 aliphatic carbocycles. The van der Waals surface area contributed by atoms with Gasteiger partial charge in [0.05, 0.1) is 0 Å². The highest BCUT2D eigenvalue weighted by atomic mass is 16.5. The number of methoxy groups -OCH3 is 1. The first kappa shape index (κ1) is 13.1. The van der Waals surface area contributed by atoms with E-state index in [4.69, 9.17) is 9.26 Å². The van der Waals surface area contributed by atoms with Gasteiger partial charge in [-0.25, -0.2) is 0 Å². The van der Waals surface area contributed by atoms with E-state index in [0.29, 0.717) is 17.8 Å². The van der Waals surface area contributed by atoms with Gasteiger partial charge < -0.3 is 14.6 Å². The van der Waals surface area contributed by atoms with E-state index in [9.17, 15) is 0 Å². The van der Waals surface area contributed by atoms with Crippen LogP contribution in [0.3, 0.4) is 0 Å². The molecule has 16 heavy (non-hydrogen) atoms. The predicted molar refractivity (Wildman–Crippen MR) is 61.2 cm³/mol. The summed E-state index contributed by atoms with van der Waals surface area (Å²) in [6, 6.07) is 0.472. The van der Waals surface area contributed by atoms with Crippen LogP contribution in [0.15, 0.2) is 4.52 Å². The largest absolute Gasteiger partial charge is 0.374 e. The van der Waals surface area contributed by atoms with Crippen LogP contribution in [-0.2, 0) is 11.2 Å². The molecule has 1 rings (SSSR count).